The molecular weight excluding hydrogens is 244 g/mol. The summed E-state index contributed by atoms with van der Waals surface area (Å²) in [5.74, 6) is 0.107. The van der Waals surface area contributed by atoms with Crippen molar-refractivity contribution in [2.75, 3.05) is 7.11 Å². The number of fused-ring (bicyclic) bond motifs is 1. The molecule has 0 fully saturated rings. The first-order valence-corrected chi connectivity index (χ1v) is 5.68. The van der Waals surface area contributed by atoms with E-state index in [1.54, 1.807) is 36.5 Å². The van der Waals surface area contributed by atoms with Gasteiger partial charge in [-0.15, -0.1) is 0 Å². The molecule has 5 nitrogen and oxygen atoms in total. The molecule has 0 aliphatic rings. The van der Waals surface area contributed by atoms with Crippen molar-refractivity contribution in [2.24, 2.45) is 0 Å². The number of aromatic nitrogens is 2. The van der Waals surface area contributed by atoms with Crippen LogP contribution in [0.3, 0.4) is 0 Å². The lowest BCUT2D eigenvalue weighted by atomic mass is 10.1. The van der Waals surface area contributed by atoms with Crippen LogP contribution in [0.2, 0.25) is 0 Å². The fourth-order valence-electron chi connectivity index (χ4n) is 1.76. The molecule has 0 N–H and O–H groups in total. The SMILES string of the molecule is COC(=O)c1ccc(-c2nc3cccnc3o2)cc1. The summed E-state index contributed by atoms with van der Waals surface area (Å²) in [6, 6.07) is 10.5. The van der Waals surface area contributed by atoms with Crippen LogP contribution in [0.5, 0.6) is 0 Å². The monoisotopic (exact) mass is 254 g/mol. The lowest BCUT2D eigenvalue weighted by molar-refractivity contribution is 0.0601. The predicted molar refractivity (Wildman–Crippen MR) is 68.6 cm³/mol. The van der Waals surface area contributed by atoms with Gasteiger partial charge in [0, 0.05) is 11.8 Å². The molecule has 0 amide bonds. The minimum Gasteiger partial charge on any atom is -0.465 e. The van der Waals surface area contributed by atoms with E-state index in [1.807, 2.05) is 6.07 Å². The van der Waals surface area contributed by atoms with E-state index >= 15 is 0 Å². The largest absolute Gasteiger partial charge is 0.465 e. The van der Waals surface area contributed by atoms with Crippen LogP contribution in [0.1, 0.15) is 10.4 Å². The molecule has 0 radical (unpaired) electrons. The highest BCUT2D eigenvalue weighted by Gasteiger charge is 2.10. The zero-order valence-corrected chi connectivity index (χ0v) is 10.2. The average molecular weight is 254 g/mol. The van der Waals surface area contributed by atoms with Crippen molar-refractivity contribution in [3.8, 4) is 11.5 Å². The van der Waals surface area contributed by atoms with E-state index in [4.69, 9.17) is 4.42 Å². The summed E-state index contributed by atoms with van der Waals surface area (Å²) >= 11 is 0. The number of pyridine rings is 1. The van der Waals surface area contributed by atoms with E-state index in [1.165, 1.54) is 7.11 Å². The third-order valence-electron chi connectivity index (χ3n) is 2.72. The Morgan fingerprint density at radius 3 is 2.68 bits per heavy atom. The van der Waals surface area contributed by atoms with Crippen molar-refractivity contribution in [1.82, 2.24) is 9.97 Å². The second-order valence-corrected chi connectivity index (χ2v) is 3.92. The lowest BCUT2D eigenvalue weighted by Crippen LogP contribution is -2.00. The Bertz CT molecular complexity index is 699. The van der Waals surface area contributed by atoms with Gasteiger partial charge in [-0.05, 0) is 36.4 Å². The Morgan fingerprint density at radius 1 is 1.21 bits per heavy atom. The van der Waals surface area contributed by atoms with Gasteiger partial charge in [-0.2, -0.15) is 0 Å². The van der Waals surface area contributed by atoms with Crippen LogP contribution in [0, 0.1) is 0 Å². The van der Waals surface area contributed by atoms with Crippen LogP contribution < -0.4 is 0 Å². The number of methoxy groups -OCH3 is 1. The Balaban J connectivity index is 1.99. The summed E-state index contributed by atoms with van der Waals surface area (Å²) in [6.07, 6.45) is 1.65. The molecule has 0 atom stereocenters. The van der Waals surface area contributed by atoms with Crippen LogP contribution in [0.15, 0.2) is 47.0 Å². The number of benzene rings is 1. The quantitative estimate of drug-likeness (QED) is 0.658. The molecule has 0 aliphatic carbocycles. The van der Waals surface area contributed by atoms with Gasteiger partial charge in [0.1, 0.15) is 5.52 Å². The van der Waals surface area contributed by atoms with Gasteiger partial charge < -0.3 is 9.15 Å². The second-order valence-electron chi connectivity index (χ2n) is 3.92. The summed E-state index contributed by atoms with van der Waals surface area (Å²) in [5, 5.41) is 0. The highest BCUT2D eigenvalue weighted by atomic mass is 16.5. The van der Waals surface area contributed by atoms with Gasteiger partial charge >= 0.3 is 5.97 Å². The van der Waals surface area contributed by atoms with Crippen molar-refractivity contribution < 1.29 is 13.9 Å². The second kappa shape index (κ2) is 4.53. The zero-order valence-electron chi connectivity index (χ0n) is 10.2. The number of hydrogen-bond acceptors (Lipinski definition) is 5. The molecule has 0 saturated heterocycles. The predicted octanol–water partition coefficient (Wildman–Crippen LogP) is 2.68. The van der Waals surface area contributed by atoms with Crippen LogP contribution >= 0.6 is 0 Å². The number of oxazole rings is 1. The summed E-state index contributed by atoms with van der Waals surface area (Å²) in [6.45, 7) is 0. The van der Waals surface area contributed by atoms with Crippen molar-refractivity contribution in [2.45, 2.75) is 0 Å². The summed E-state index contributed by atoms with van der Waals surface area (Å²) < 4.78 is 10.2. The van der Waals surface area contributed by atoms with Gasteiger partial charge in [0.15, 0.2) is 0 Å². The molecular formula is C14H10N2O3. The number of ether oxygens (including phenoxy) is 1. The smallest absolute Gasteiger partial charge is 0.337 e. The molecule has 5 heteroatoms. The first-order chi connectivity index (χ1) is 9.28. The molecule has 2 heterocycles. The molecule has 3 aromatic rings. The van der Waals surface area contributed by atoms with Gasteiger partial charge in [0.05, 0.1) is 12.7 Å². The normalized spacial score (nSPS) is 10.6. The topological polar surface area (TPSA) is 65.2 Å². The van der Waals surface area contributed by atoms with E-state index in [0.717, 1.165) is 5.56 Å². The third-order valence-corrected chi connectivity index (χ3v) is 2.72. The number of carbonyl (C=O) groups is 1. The molecule has 3 rings (SSSR count). The van der Waals surface area contributed by atoms with Crippen LogP contribution in [-0.4, -0.2) is 23.0 Å². The van der Waals surface area contributed by atoms with Crippen LogP contribution in [0.4, 0.5) is 0 Å². The first-order valence-electron chi connectivity index (χ1n) is 5.68. The Labute approximate surface area is 108 Å². The van der Waals surface area contributed by atoms with Gasteiger partial charge in [-0.1, -0.05) is 0 Å². The van der Waals surface area contributed by atoms with Crippen molar-refractivity contribution in [1.29, 1.82) is 0 Å². The van der Waals surface area contributed by atoms with Crippen molar-refractivity contribution >= 4 is 17.2 Å². The Morgan fingerprint density at radius 2 is 2.00 bits per heavy atom. The third kappa shape index (κ3) is 2.06. The number of rotatable bonds is 2. The molecule has 0 aliphatic heterocycles. The Hall–Kier alpha value is -2.69. The van der Waals surface area contributed by atoms with Gasteiger partial charge in [-0.25, -0.2) is 14.8 Å². The fourth-order valence-corrected chi connectivity index (χ4v) is 1.76. The fraction of sp³-hybridized carbons (Fsp3) is 0.0714. The molecule has 94 valence electrons. The lowest BCUT2D eigenvalue weighted by Gasteiger charge is -1.99. The maximum Gasteiger partial charge on any atom is 0.337 e. The van der Waals surface area contributed by atoms with Crippen LogP contribution in [0.25, 0.3) is 22.7 Å². The highest BCUT2D eigenvalue weighted by molar-refractivity contribution is 5.89. The number of nitrogens with zero attached hydrogens (tertiary/aromatic N) is 2. The minimum atomic E-state index is -0.370. The molecule has 0 unspecified atom stereocenters. The van der Waals surface area contributed by atoms with E-state index in [0.29, 0.717) is 22.7 Å². The van der Waals surface area contributed by atoms with E-state index in [9.17, 15) is 4.79 Å². The van der Waals surface area contributed by atoms with Gasteiger partial charge in [-0.3, -0.25) is 0 Å². The standard InChI is InChI=1S/C14H10N2O3/c1-18-14(17)10-6-4-9(5-7-10)12-16-11-3-2-8-15-13(11)19-12/h2-8H,1H3. The summed E-state index contributed by atoms with van der Waals surface area (Å²) in [5.41, 5.74) is 2.47. The first kappa shape index (κ1) is 11.4. The molecule has 0 bridgehead atoms. The van der Waals surface area contributed by atoms with Gasteiger partial charge in [0.2, 0.25) is 11.6 Å². The molecule has 0 saturated carbocycles. The number of carbonyl (C=O) groups excluding carboxylic acids is 1. The molecule has 0 spiro atoms. The van der Waals surface area contributed by atoms with Crippen molar-refractivity contribution in [3.05, 3.63) is 48.2 Å². The maximum atomic E-state index is 11.3. The summed E-state index contributed by atoms with van der Waals surface area (Å²) in [7, 11) is 1.35. The highest BCUT2D eigenvalue weighted by Crippen LogP contribution is 2.23. The number of hydrogen-bond donors (Lipinski definition) is 0. The van der Waals surface area contributed by atoms with Crippen LogP contribution in [-0.2, 0) is 4.74 Å². The molecule has 1 aromatic carbocycles. The Kier molecular flexibility index (Phi) is 2.72. The van der Waals surface area contributed by atoms with E-state index < -0.39 is 0 Å². The maximum absolute atomic E-state index is 11.3. The van der Waals surface area contributed by atoms with Gasteiger partial charge in [0.25, 0.3) is 0 Å². The molecule has 19 heavy (non-hydrogen) atoms. The summed E-state index contributed by atoms with van der Waals surface area (Å²) in [4.78, 5) is 19.7. The number of esters is 1. The minimum absolute atomic E-state index is 0.370. The zero-order chi connectivity index (χ0) is 13.2. The average Bonchev–Trinajstić information content (AvgIpc) is 2.90. The van der Waals surface area contributed by atoms with Crippen molar-refractivity contribution in [3.63, 3.8) is 0 Å². The van der Waals surface area contributed by atoms with E-state index in [-0.39, 0.29) is 5.97 Å². The molecule has 2 aromatic heterocycles. The van der Waals surface area contributed by atoms with E-state index in [2.05, 4.69) is 14.7 Å².